The Balaban J connectivity index is 1.72. The molecule has 1 aliphatic rings. The number of nitrogens with one attached hydrogen (secondary N) is 1. The Bertz CT molecular complexity index is 924. The van der Waals surface area contributed by atoms with Crippen LogP contribution in [0.1, 0.15) is 24.2 Å². The molecule has 1 fully saturated rings. The Morgan fingerprint density at radius 1 is 1.00 bits per heavy atom. The van der Waals surface area contributed by atoms with Gasteiger partial charge >= 0.3 is 0 Å². The van der Waals surface area contributed by atoms with Crippen molar-refractivity contribution in [2.75, 3.05) is 38.5 Å². The Kier molecular flexibility index (Phi) is 6.91. The van der Waals surface area contributed by atoms with E-state index in [-0.39, 0.29) is 11.8 Å². The van der Waals surface area contributed by atoms with Crippen molar-refractivity contribution in [2.45, 2.75) is 19.4 Å². The summed E-state index contributed by atoms with van der Waals surface area (Å²) in [4.78, 5) is 29.7. The van der Waals surface area contributed by atoms with E-state index < -0.39 is 5.60 Å². The summed E-state index contributed by atoms with van der Waals surface area (Å²) in [6, 6.07) is 11.7. The Hall–Kier alpha value is -2.28. The van der Waals surface area contributed by atoms with E-state index in [1.165, 1.54) is 0 Å². The summed E-state index contributed by atoms with van der Waals surface area (Å²) in [5.41, 5.74) is -0.320. The molecule has 1 aliphatic heterocycles. The highest BCUT2D eigenvalue weighted by Gasteiger charge is 2.31. The molecule has 0 atom stereocenters. The van der Waals surface area contributed by atoms with Crippen LogP contribution in [0.25, 0.3) is 0 Å². The zero-order chi connectivity index (χ0) is 21.9. The van der Waals surface area contributed by atoms with Crippen LogP contribution in [0.3, 0.4) is 0 Å². The van der Waals surface area contributed by atoms with Crippen LogP contribution in [0.4, 0.5) is 5.69 Å². The molecule has 1 saturated heterocycles. The van der Waals surface area contributed by atoms with Crippen LogP contribution in [0.15, 0.2) is 42.5 Å². The summed E-state index contributed by atoms with van der Waals surface area (Å²) in [6.45, 7) is 6.32. The van der Waals surface area contributed by atoms with Crippen molar-refractivity contribution in [1.82, 2.24) is 9.80 Å². The van der Waals surface area contributed by atoms with Gasteiger partial charge in [-0.05, 0) is 63.4 Å². The second kappa shape index (κ2) is 9.25. The highest BCUT2D eigenvalue weighted by Crippen LogP contribution is 2.27. The number of ether oxygens (including phenoxy) is 1. The zero-order valence-electron chi connectivity index (χ0n) is 17.2. The molecule has 0 radical (unpaired) electrons. The van der Waals surface area contributed by atoms with E-state index in [2.05, 4.69) is 10.2 Å². The van der Waals surface area contributed by atoms with Crippen molar-refractivity contribution in [3.8, 4) is 5.75 Å². The van der Waals surface area contributed by atoms with Crippen LogP contribution in [0.2, 0.25) is 10.0 Å². The van der Waals surface area contributed by atoms with Gasteiger partial charge in [-0.2, -0.15) is 0 Å². The predicted octanol–water partition coefficient (Wildman–Crippen LogP) is 4.18. The fourth-order valence-corrected chi connectivity index (χ4v) is 3.35. The number of amides is 2. The van der Waals surface area contributed by atoms with Gasteiger partial charge in [-0.25, -0.2) is 0 Å². The maximum absolute atomic E-state index is 12.9. The fraction of sp³-hybridized carbons (Fsp3) is 0.364. The summed E-state index contributed by atoms with van der Waals surface area (Å²) >= 11 is 12.2. The molecule has 1 N–H and O–H groups in total. The number of hydrogen-bond donors (Lipinski definition) is 1. The number of nitrogens with zero attached hydrogens (tertiary/aromatic N) is 2. The van der Waals surface area contributed by atoms with E-state index in [1.807, 2.05) is 11.9 Å². The maximum Gasteiger partial charge on any atom is 0.268 e. The first-order valence-electron chi connectivity index (χ1n) is 9.69. The summed E-state index contributed by atoms with van der Waals surface area (Å²) < 4.78 is 5.82. The lowest BCUT2D eigenvalue weighted by Crippen LogP contribution is -2.47. The molecule has 0 aromatic heterocycles. The zero-order valence-corrected chi connectivity index (χ0v) is 18.8. The van der Waals surface area contributed by atoms with Crippen LogP contribution in [-0.4, -0.2) is 60.4 Å². The number of benzene rings is 2. The highest BCUT2D eigenvalue weighted by molar-refractivity contribution is 6.34. The number of anilines is 1. The van der Waals surface area contributed by atoms with Crippen molar-refractivity contribution in [3.05, 3.63) is 58.1 Å². The molecule has 160 valence electrons. The first-order chi connectivity index (χ1) is 14.2. The normalized spacial score (nSPS) is 15.0. The van der Waals surface area contributed by atoms with E-state index in [1.54, 1.807) is 56.3 Å². The summed E-state index contributed by atoms with van der Waals surface area (Å²) in [7, 11) is 2.03. The lowest BCUT2D eigenvalue weighted by atomic mass is 10.1. The second-order valence-electron chi connectivity index (χ2n) is 7.81. The number of carbonyl (C=O) groups excluding carboxylic acids is 2. The molecule has 6 nitrogen and oxygen atoms in total. The molecule has 8 heteroatoms. The smallest absolute Gasteiger partial charge is 0.268 e. The molecule has 2 amide bonds. The lowest BCUT2D eigenvalue weighted by molar-refractivity contribution is -0.128. The number of carbonyl (C=O) groups is 2. The fourth-order valence-electron chi connectivity index (χ4n) is 3.06. The maximum atomic E-state index is 12.9. The molecule has 0 spiro atoms. The van der Waals surface area contributed by atoms with E-state index in [0.29, 0.717) is 40.1 Å². The minimum atomic E-state index is -1.17. The molecule has 1 heterocycles. The van der Waals surface area contributed by atoms with Gasteiger partial charge in [0.1, 0.15) is 5.75 Å². The average molecular weight is 450 g/mol. The summed E-state index contributed by atoms with van der Waals surface area (Å²) in [6.07, 6.45) is 0. The van der Waals surface area contributed by atoms with E-state index in [0.717, 1.165) is 13.1 Å². The Morgan fingerprint density at radius 3 is 2.27 bits per heavy atom. The molecule has 0 aliphatic carbocycles. The summed E-state index contributed by atoms with van der Waals surface area (Å²) in [5, 5.41) is 3.72. The third-order valence-corrected chi connectivity index (χ3v) is 5.57. The molecule has 3 rings (SSSR count). The minimum absolute atomic E-state index is 0.0769. The van der Waals surface area contributed by atoms with Gasteiger partial charge in [-0.15, -0.1) is 0 Å². The van der Waals surface area contributed by atoms with Gasteiger partial charge in [-0.1, -0.05) is 23.2 Å². The molecule has 2 aromatic carbocycles. The molecule has 0 saturated carbocycles. The van der Waals surface area contributed by atoms with E-state index >= 15 is 0 Å². The van der Waals surface area contributed by atoms with Crippen molar-refractivity contribution in [1.29, 1.82) is 0 Å². The monoisotopic (exact) mass is 449 g/mol. The molecule has 30 heavy (non-hydrogen) atoms. The number of piperazine rings is 1. The Labute approximate surface area is 186 Å². The average Bonchev–Trinajstić information content (AvgIpc) is 2.71. The number of hydrogen-bond acceptors (Lipinski definition) is 4. The third kappa shape index (κ3) is 5.45. The van der Waals surface area contributed by atoms with E-state index in [9.17, 15) is 9.59 Å². The van der Waals surface area contributed by atoms with Gasteiger partial charge in [0, 0.05) is 36.8 Å². The van der Waals surface area contributed by atoms with Crippen LogP contribution in [-0.2, 0) is 4.79 Å². The summed E-state index contributed by atoms with van der Waals surface area (Å²) in [5.74, 6) is 0.0557. The van der Waals surface area contributed by atoms with Crippen LogP contribution in [0.5, 0.6) is 5.75 Å². The molecule has 2 aromatic rings. The largest absolute Gasteiger partial charge is 0.478 e. The SMILES string of the molecule is CN1CCN(C(=O)c2ccc(Cl)c(NC(=O)C(C)(C)Oc3ccc(Cl)cc3)c2)CC1. The Morgan fingerprint density at radius 2 is 1.63 bits per heavy atom. The molecular formula is C22H25Cl2N3O3. The highest BCUT2D eigenvalue weighted by atomic mass is 35.5. The van der Waals surface area contributed by atoms with Crippen molar-refractivity contribution >= 4 is 40.7 Å². The lowest BCUT2D eigenvalue weighted by Gasteiger charge is -2.32. The van der Waals surface area contributed by atoms with Crippen molar-refractivity contribution in [3.63, 3.8) is 0 Å². The van der Waals surface area contributed by atoms with Crippen LogP contribution in [0, 0.1) is 0 Å². The number of likely N-dealkylation sites (N-methyl/N-ethyl adjacent to an activating group) is 1. The van der Waals surface area contributed by atoms with Crippen LogP contribution >= 0.6 is 23.2 Å². The third-order valence-electron chi connectivity index (χ3n) is 4.99. The number of rotatable bonds is 5. The molecule has 0 bridgehead atoms. The first kappa shape index (κ1) is 22.4. The standard InChI is InChI=1S/C22H25Cl2N3O3/c1-22(2,30-17-7-5-16(23)6-8-17)21(29)25-19-14-15(4-9-18(19)24)20(28)27-12-10-26(3)11-13-27/h4-9,14H,10-13H2,1-3H3,(H,25,29). The number of halogens is 2. The van der Waals surface area contributed by atoms with Gasteiger partial charge in [0.05, 0.1) is 10.7 Å². The molecule has 0 unspecified atom stereocenters. The quantitative estimate of drug-likeness (QED) is 0.743. The predicted molar refractivity (Wildman–Crippen MR) is 120 cm³/mol. The van der Waals surface area contributed by atoms with Gasteiger partial charge in [0.15, 0.2) is 5.60 Å². The molecular weight excluding hydrogens is 425 g/mol. The van der Waals surface area contributed by atoms with Crippen molar-refractivity contribution in [2.24, 2.45) is 0 Å². The second-order valence-corrected chi connectivity index (χ2v) is 8.65. The topological polar surface area (TPSA) is 61.9 Å². The van der Waals surface area contributed by atoms with Crippen LogP contribution < -0.4 is 10.1 Å². The van der Waals surface area contributed by atoms with Gasteiger partial charge in [-0.3, -0.25) is 9.59 Å². The van der Waals surface area contributed by atoms with E-state index in [4.69, 9.17) is 27.9 Å². The van der Waals surface area contributed by atoms with Gasteiger partial charge < -0.3 is 19.9 Å². The van der Waals surface area contributed by atoms with Gasteiger partial charge in [0.2, 0.25) is 0 Å². The van der Waals surface area contributed by atoms with Gasteiger partial charge in [0.25, 0.3) is 11.8 Å². The van der Waals surface area contributed by atoms with Crippen molar-refractivity contribution < 1.29 is 14.3 Å². The minimum Gasteiger partial charge on any atom is -0.478 e. The first-order valence-corrected chi connectivity index (χ1v) is 10.4.